The second-order valence-corrected chi connectivity index (χ2v) is 8.56. The van der Waals surface area contributed by atoms with Crippen molar-refractivity contribution in [2.45, 2.75) is 88.7 Å². The first-order valence-electron chi connectivity index (χ1n) is 10.2. The summed E-state index contributed by atoms with van der Waals surface area (Å²) < 4.78 is 0. The number of nitriles is 1. The topological polar surface area (TPSA) is 76.4 Å². The fourth-order valence-corrected chi connectivity index (χ4v) is 4.89. The van der Waals surface area contributed by atoms with Crippen LogP contribution in [0.25, 0.3) is 0 Å². The van der Waals surface area contributed by atoms with Gasteiger partial charge < -0.3 is 15.3 Å². The smallest absolute Gasteiger partial charge is 0.240 e. The molecule has 1 saturated heterocycles. The number of carbonyl (C=O) groups excluding carboxylic acids is 1. The van der Waals surface area contributed by atoms with E-state index in [0.29, 0.717) is 12.8 Å². The molecule has 0 aromatic carbocycles. The van der Waals surface area contributed by atoms with Gasteiger partial charge in [-0.05, 0) is 38.5 Å². The number of hydrogen-bond donors (Lipinski definition) is 2. The summed E-state index contributed by atoms with van der Waals surface area (Å²) in [6.45, 7) is 2.62. The first-order chi connectivity index (χ1) is 12.1. The Bertz CT molecular complexity index is 494. The van der Waals surface area contributed by atoms with E-state index in [4.69, 9.17) is 0 Å². The molecular weight excluding hydrogens is 314 g/mol. The molecule has 0 unspecified atom stereocenters. The molecule has 0 aromatic rings. The summed E-state index contributed by atoms with van der Waals surface area (Å²) in [5.41, 5.74) is -1.28. The number of β-amino-alcohol motifs (C(OH)–C–C–N with tert-alkyl or cyclic N) is 1. The third kappa shape index (κ3) is 4.54. The van der Waals surface area contributed by atoms with Gasteiger partial charge in [-0.1, -0.05) is 38.5 Å². The number of rotatable bonds is 4. The minimum atomic E-state index is -0.785. The largest absolute Gasteiger partial charge is 0.389 e. The van der Waals surface area contributed by atoms with E-state index in [2.05, 4.69) is 16.3 Å². The van der Waals surface area contributed by atoms with Crippen LogP contribution in [0.2, 0.25) is 0 Å². The Labute approximate surface area is 151 Å². The fraction of sp³-hybridized carbons (Fsp3) is 0.900. The quantitative estimate of drug-likeness (QED) is 0.820. The lowest BCUT2D eigenvalue weighted by Gasteiger charge is -2.40. The molecule has 3 rings (SSSR count). The average Bonchev–Trinajstić information content (AvgIpc) is 2.64. The Hall–Kier alpha value is -1.12. The first-order valence-corrected chi connectivity index (χ1v) is 10.2. The Morgan fingerprint density at radius 3 is 2.16 bits per heavy atom. The zero-order valence-corrected chi connectivity index (χ0v) is 15.4. The van der Waals surface area contributed by atoms with Crippen molar-refractivity contribution in [3.8, 4) is 6.07 Å². The standard InChI is InChI=1S/C20H33N3O2/c21-15-19(9-3-1-4-10-19)18(24)22-17-7-13-23(14-8-17)16-20(25)11-5-2-6-12-20/h17,25H,1-14,16H2,(H,22,24). The van der Waals surface area contributed by atoms with Crippen molar-refractivity contribution in [1.82, 2.24) is 10.2 Å². The van der Waals surface area contributed by atoms with Crippen LogP contribution < -0.4 is 5.32 Å². The van der Waals surface area contributed by atoms with Crippen LogP contribution >= 0.6 is 0 Å². The fourth-order valence-electron chi connectivity index (χ4n) is 4.89. The summed E-state index contributed by atoms with van der Waals surface area (Å²) in [5.74, 6) is -0.0425. The minimum absolute atomic E-state index is 0.0425. The third-order valence-electron chi connectivity index (χ3n) is 6.58. The van der Waals surface area contributed by atoms with Gasteiger partial charge in [-0.2, -0.15) is 5.26 Å². The summed E-state index contributed by atoms with van der Waals surface area (Å²) in [6.07, 6.45) is 11.7. The molecule has 0 spiro atoms. The molecule has 140 valence electrons. The van der Waals surface area contributed by atoms with Crippen molar-refractivity contribution < 1.29 is 9.90 Å². The SMILES string of the molecule is N#CC1(C(=O)NC2CCN(CC3(O)CCCCC3)CC2)CCCCC1. The van der Waals surface area contributed by atoms with Crippen molar-refractivity contribution in [2.75, 3.05) is 19.6 Å². The predicted octanol–water partition coefficient (Wildman–Crippen LogP) is 2.74. The maximum Gasteiger partial charge on any atom is 0.240 e. The van der Waals surface area contributed by atoms with E-state index < -0.39 is 11.0 Å². The van der Waals surface area contributed by atoms with Gasteiger partial charge >= 0.3 is 0 Å². The molecule has 1 aliphatic heterocycles. The zero-order chi connectivity index (χ0) is 17.8. The van der Waals surface area contributed by atoms with Gasteiger partial charge in [-0.15, -0.1) is 0 Å². The van der Waals surface area contributed by atoms with Gasteiger partial charge in [0.2, 0.25) is 5.91 Å². The molecule has 0 radical (unpaired) electrons. The molecule has 1 heterocycles. The number of nitrogens with one attached hydrogen (secondary N) is 1. The van der Waals surface area contributed by atoms with Crippen LogP contribution in [0.15, 0.2) is 0 Å². The van der Waals surface area contributed by atoms with E-state index in [-0.39, 0.29) is 11.9 Å². The van der Waals surface area contributed by atoms with Gasteiger partial charge in [0.25, 0.3) is 0 Å². The highest BCUT2D eigenvalue weighted by Crippen LogP contribution is 2.36. The second-order valence-electron chi connectivity index (χ2n) is 8.56. The number of hydrogen-bond acceptors (Lipinski definition) is 4. The normalized spacial score (nSPS) is 27.4. The molecule has 0 atom stereocenters. The van der Waals surface area contributed by atoms with Gasteiger partial charge in [-0.3, -0.25) is 4.79 Å². The van der Waals surface area contributed by atoms with Crippen LogP contribution in [-0.2, 0) is 4.79 Å². The number of carbonyl (C=O) groups is 1. The van der Waals surface area contributed by atoms with Gasteiger partial charge in [0, 0.05) is 25.7 Å². The Morgan fingerprint density at radius 2 is 1.60 bits per heavy atom. The highest BCUT2D eigenvalue weighted by atomic mass is 16.3. The molecule has 1 amide bonds. The van der Waals surface area contributed by atoms with Crippen molar-refractivity contribution in [1.29, 1.82) is 5.26 Å². The average molecular weight is 348 g/mol. The molecule has 0 aromatic heterocycles. The van der Waals surface area contributed by atoms with Gasteiger partial charge in [0.05, 0.1) is 11.7 Å². The summed E-state index contributed by atoms with van der Waals surface area (Å²) in [4.78, 5) is 15.0. The lowest BCUT2D eigenvalue weighted by atomic mass is 9.74. The van der Waals surface area contributed by atoms with E-state index in [9.17, 15) is 15.2 Å². The molecular formula is C20H33N3O2. The number of nitrogens with zero attached hydrogens (tertiary/aromatic N) is 2. The minimum Gasteiger partial charge on any atom is -0.389 e. The number of amides is 1. The maximum absolute atomic E-state index is 12.7. The molecule has 0 bridgehead atoms. The van der Waals surface area contributed by atoms with Crippen molar-refractivity contribution in [2.24, 2.45) is 5.41 Å². The summed E-state index contributed by atoms with van der Waals surface area (Å²) >= 11 is 0. The summed E-state index contributed by atoms with van der Waals surface area (Å²) in [6, 6.07) is 2.50. The molecule has 5 heteroatoms. The molecule has 2 aliphatic carbocycles. The van der Waals surface area contributed by atoms with Crippen LogP contribution in [0.1, 0.15) is 77.0 Å². The summed E-state index contributed by atoms with van der Waals surface area (Å²) in [5, 5.41) is 23.4. The Kier molecular flexibility index (Phi) is 6.01. The molecule has 3 fully saturated rings. The predicted molar refractivity (Wildman–Crippen MR) is 96.8 cm³/mol. The maximum atomic E-state index is 12.7. The van der Waals surface area contributed by atoms with Crippen LogP contribution in [0, 0.1) is 16.7 Å². The van der Waals surface area contributed by atoms with Gasteiger partial charge in [0.1, 0.15) is 5.41 Å². The van der Waals surface area contributed by atoms with Crippen LogP contribution in [0.5, 0.6) is 0 Å². The monoisotopic (exact) mass is 347 g/mol. The number of aliphatic hydroxyl groups is 1. The van der Waals surface area contributed by atoms with Crippen molar-refractivity contribution >= 4 is 5.91 Å². The molecule has 25 heavy (non-hydrogen) atoms. The Morgan fingerprint density at radius 1 is 1.04 bits per heavy atom. The van der Waals surface area contributed by atoms with Crippen LogP contribution in [-0.4, -0.2) is 47.2 Å². The van der Waals surface area contributed by atoms with E-state index in [1.54, 1.807) is 0 Å². The van der Waals surface area contributed by atoms with E-state index >= 15 is 0 Å². The van der Waals surface area contributed by atoms with Crippen molar-refractivity contribution in [3.63, 3.8) is 0 Å². The van der Waals surface area contributed by atoms with Crippen LogP contribution in [0.4, 0.5) is 0 Å². The summed E-state index contributed by atoms with van der Waals surface area (Å²) in [7, 11) is 0. The molecule has 2 saturated carbocycles. The third-order valence-corrected chi connectivity index (χ3v) is 6.58. The highest BCUT2D eigenvalue weighted by molar-refractivity contribution is 5.85. The number of piperidine rings is 1. The van der Waals surface area contributed by atoms with Crippen molar-refractivity contribution in [3.05, 3.63) is 0 Å². The molecule has 3 aliphatic rings. The first kappa shape index (κ1) is 18.7. The van der Waals surface area contributed by atoms with E-state index in [1.807, 2.05) is 0 Å². The van der Waals surface area contributed by atoms with E-state index in [0.717, 1.165) is 77.4 Å². The molecule has 2 N–H and O–H groups in total. The van der Waals surface area contributed by atoms with Crippen LogP contribution in [0.3, 0.4) is 0 Å². The Balaban J connectivity index is 1.46. The van der Waals surface area contributed by atoms with Gasteiger partial charge in [0.15, 0.2) is 0 Å². The molecule has 5 nitrogen and oxygen atoms in total. The second kappa shape index (κ2) is 8.05. The lowest BCUT2D eigenvalue weighted by Crippen LogP contribution is -2.52. The van der Waals surface area contributed by atoms with Gasteiger partial charge in [-0.25, -0.2) is 0 Å². The zero-order valence-electron chi connectivity index (χ0n) is 15.4. The van der Waals surface area contributed by atoms with E-state index in [1.165, 1.54) is 6.42 Å². The lowest BCUT2D eigenvalue weighted by molar-refractivity contribution is -0.130. The highest BCUT2D eigenvalue weighted by Gasteiger charge is 2.41. The number of likely N-dealkylation sites (tertiary alicyclic amines) is 1.